The van der Waals surface area contributed by atoms with Crippen molar-refractivity contribution >= 4 is 34.7 Å². The molecule has 4 N–H and O–H groups in total. The molecule has 4 aromatic rings. The van der Waals surface area contributed by atoms with Crippen LogP contribution in [0.3, 0.4) is 0 Å². The lowest BCUT2D eigenvalue weighted by Crippen LogP contribution is -2.34. The van der Waals surface area contributed by atoms with E-state index in [1.165, 1.54) is 0 Å². The number of para-hydroxylation sites is 3. The summed E-state index contributed by atoms with van der Waals surface area (Å²) in [5, 5.41) is 5.75. The van der Waals surface area contributed by atoms with Crippen molar-refractivity contribution in [2.24, 2.45) is 0 Å². The zero-order chi connectivity index (χ0) is 26.2. The average Bonchev–Trinajstić information content (AvgIpc) is 2.93. The third-order valence-electron chi connectivity index (χ3n) is 5.71. The summed E-state index contributed by atoms with van der Waals surface area (Å²) in [7, 11) is 3.10. The molecule has 37 heavy (non-hydrogen) atoms. The number of rotatable bonds is 8. The van der Waals surface area contributed by atoms with E-state index in [0.29, 0.717) is 39.8 Å². The third-order valence-corrected chi connectivity index (χ3v) is 5.71. The molecular formula is C29H28N4O4. The summed E-state index contributed by atoms with van der Waals surface area (Å²) in [6.07, 6.45) is 0. The van der Waals surface area contributed by atoms with Gasteiger partial charge in [-0.25, -0.2) is 4.79 Å². The number of ether oxygens (including phenoxy) is 2. The molecule has 0 bridgehead atoms. The van der Waals surface area contributed by atoms with Crippen molar-refractivity contribution in [3.63, 3.8) is 0 Å². The maximum absolute atomic E-state index is 13.3. The SMILES string of the molecule is COc1ccc(N(Cc2ccc(C(=O)Nc3ccccc3N)cc2)C(=O)Nc2ccccc2)cc1OC. The Labute approximate surface area is 215 Å². The topological polar surface area (TPSA) is 106 Å². The minimum atomic E-state index is -0.320. The van der Waals surface area contributed by atoms with Gasteiger partial charge < -0.3 is 25.8 Å². The lowest BCUT2D eigenvalue weighted by atomic mass is 10.1. The van der Waals surface area contributed by atoms with Gasteiger partial charge in [0.25, 0.3) is 5.91 Å². The van der Waals surface area contributed by atoms with Gasteiger partial charge in [0.15, 0.2) is 11.5 Å². The number of nitrogen functional groups attached to an aromatic ring is 1. The standard InChI is InChI=1S/C29H28N4O4/c1-36-26-17-16-23(18-27(26)37-2)33(29(35)31-22-8-4-3-5-9-22)19-20-12-14-21(15-13-20)28(34)32-25-11-7-6-10-24(25)30/h3-18H,19,30H2,1-2H3,(H,31,35)(H,32,34). The molecule has 0 saturated carbocycles. The first-order valence-electron chi connectivity index (χ1n) is 11.6. The maximum Gasteiger partial charge on any atom is 0.326 e. The highest BCUT2D eigenvalue weighted by atomic mass is 16.5. The van der Waals surface area contributed by atoms with E-state index in [4.69, 9.17) is 15.2 Å². The summed E-state index contributed by atoms with van der Waals surface area (Å²) in [5.74, 6) is 0.789. The van der Waals surface area contributed by atoms with E-state index in [1.54, 1.807) is 73.7 Å². The summed E-state index contributed by atoms with van der Waals surface area (Å²) in [6.45, 7) is 0.252. The van der Waals surface area contributed by atoms with Crippen LogP contribution in [-0.4, -0.2) is 26.2 Å². The Bertz CT molecular complexity index is 1370. The molecule has 8 heteroatoms. The van der Waals surface area contributed by atoms with Crippen LogP contribution in [0.25, 0.3) is 0 Å². The molecule has 0 radical (unpaired) electrons. The van der Waals surface area contributed by atoms with E-state index < -0.39 is 0 Å². The van der Waals surface area contributed by atoms with Gasteiger partial charge in [0.1, 0.15) is 0 Å². The molecule has 3 amide bonds. The fraction of sp³-hybridized carbons (Fsp3) is 0.103. The predicted octanol–water partition coefficient (Wildman–Crippen LogP) is 5.78. The van der Waals surface area contributed by atoms with Crippen molar-refractivity contribution in [3.05, 3.63) is 108 Å². The van der Waals surface area contributed by atoms with E-state index in [-0.39, 0.29) is 18.5 Å². The number of anilines is 4. The van der Waals surface area contributed by atoms with Crippen LogP contribution < -0.4 is 30.7 Å². The molecule has 8 nitrogen and oxygen atoms in total. The summed E-state index contributed by atoms with van der Waals surface area (Å²) >= 11 is 0. The molecular weight excluding hydrogens is 468 g/mol. The van der Waals surface area contributed by atoms with Crippen molar-refractivity contribution < 1.29 is 19.1 Å². The molecule has 4 rings (SSSR count). The number of nitrogens with one attached hydrogen (secondary N) is 2. The number of benzene rings is 4. The largest absolute Gasteiger partial charge is 0.493 e. The number of urea groups is 1. The van der Waals surface area contributed by atoms with Gasteiger partial charge in [0.2, 0.25) is 0 Å². The summed E-state index contributed by atoms with van der Waals surface area (Å²) in [6, 6.07) is 28.3. The first-order valence-corrected chi connectivity index (χ1v) is 11.6. The Hall–Kier alpha value is -4.98. The summed E-state index contributed by atoms with van der Waals surface area (Å²) in [4.78, 5) is 27.6. The highest BCUT2D eigenvalue weighted by Crippen LogP contribution is 2.32. The van der Waals surface area contributed by atoms with Crippen LogP contribution in [0.1, 0.15) is 15.9 Å². The van der Waals surface area contributed by atoms with Crippen molar-refractivity contribution in [2.45, 2.75) is 6.54 Å². The van der Waals surface area contributed by atoms with Crippen LogP contribution in [0.2, 0.25) is 0 Å². The molecule has 0 heterocycles. The van der Waals surface area contributed by atoms with Gasteiger partial charge in [0, 0.05) is 23.0 Å². The molecule has 4 aromatic carbocycles. The van der Waals surface area contributed by atoms with E-state index in [2.05, 4.69) is 10.6 Å². The molecule has 0 atom stereocenters. The first-order chi connectivity index (χ1) is 18.0. The highest BCUT2D eigenvalue weighted by Gasteiger charge is 2.19. The fourth-order valence-electron chi connectivity index (χ4n) is 3.74. The number of hydrogen-bond acceptors (Lipinski definition) is 5. The van der Waals surface area contributed by atoms with E-state index in [1.807, 2.05) is 42.5 Å². The van der Waals surface area contributed by atoms with Crippen molar-refractivity contribution in [1.82, 2.24) is 0 Å². The van der Waals surface area contributed by atoms with Crippen LogP contribution in [-0.2, 0) is 6.54 Å². The lowest BCUT2D eigenvalue weighted by molar-refractivity contribution is 0.102. The smallest absolute Gasteiger partial charge is 0.326 e. The summed E-state index contributed by atoms with van der Waals surface area (Å²) < 4.78 is 10.8. The Kier molecular flexibility index (Phi) is 7.90. The minimum absolute atomic E-state index is 0.252. The van der Waals surface area contributed by atoms with E-state index in [9.17, 15) is 9.59 Å². The Morgan fingerprint density at radius 3 is 2.14 bits per heavy atom. The van der Waals surface area contributed by atoms with Gasteiger partial charge in [-0.1, -0.05) is 42.5 Å². The number of nitrogens with two attached hydrogens (primary N) is 1. The van der Waals surface area contributed by atoms with Crippen molar-refractivity contribution in [2.75, 3.05) is 35.5 Å². The highest BCUT2D eigenvalue weighted by molar-refractivity contribution is 6.06. The van der Waals surface area contributed by atoms with Crippen molar-refractivity contribution in [1.29, 1.82) is 0 Å². The number of carbonyl (C=O) groups is 2. The Balaban J connectivity index is 1.57. The van der Waals surface area contributed by atoms with Crippen LogP contribution in [0.5, 0.6) is 11.5 Å². The number of carbonyl (C=O) groups excluding carboxylic acids is 2. The molecule has 188 valence electrons. The van der Waals surface area contributed by atoms with Crippen LogP contribution in [0.15, 0.2) is 97.1 Å². The van der Waals surface area contributed by atoms with Gasteiger partial charge in [-0.15, -0.1) is 0 Å². The Morgan fingerprint density at radius 2 is 1.46 bits per heavy atom. The van der Waals surface area contributed by atoms with Crippen molar-refractivity contribution in [3.8, 4) is 11.5 Å². The second-order valence-electron chi connectivity index (χ2n) is 8.16. The molecule has 0 fully saturated rings. The molecule has 0 aliphatic rings. The third kappa shape index (κ3) is 6.18. The molecule has 0 aliphatic heterocycles. The molecule has 0 saturated heterocycles. The van der Waals surface area contributed by atoms with Gasteiger partial charge in [-0.2, -0.15) is 0 Å². The number of hydrogen-bond donors (Lipinski definition) is 3. The van der Waals surface area contributed by atoms with Gasteiger partial charge in [-0.3, -0.25) is 9.69 Å². The molecule has 0 aliphatic carbocycles. The van der Waals surface area contributed by atoms with Gasteiger partial charge in [-0.05, 0) is 54.1 Å². The number of nitrogens with zero attached hydrogens (tertiary/aromatic N) is 1. The number of methoxy groups -OCH3 is 2. The van der Waals surface area contributed by atoms with Gasteiger partial charge in [0.05, 0.1) is 32.1 Å². The first kappa shape index (κ1) is 25.1. The molecule has 0 unspecified atom stereocenters. The zero-order valence-corrected chi connectivity index (χ0v) is 20.6. The molecule has 0 spiro atoms. The average molecular weight is 497 g/mol. The quantitative estimate of drug-likeness (QED) is 0.268. The lowest BCUT2D eigenvalue weighted by Gasteiger charge is -2.24. The summed E-state index contributed by atoms with van der Waals surface area (Å²) in [5.41, 5.74) is 9.55. The van der Waals surface area contributed by atoms with E-state index in [0.717, 1.165) is 5.56 Å². The van der Waals surface area contributed by atoms with Gasteiger partial charge >= 0.3 is 6.03 Å². The normalized spacial score (nSPS) is 10.3. The predicted molar refractivity (Wildman–Crippen MR) is 146 cm³/mol. The minimum Gasteiger partial charge on any atom is -0.493 e. The van der Waals surface area contributed by atoms with Crippen LogP contribution in [0, 0.1) is 0 Å². The second kappa shape index (κ2) is 11.6. The van der Waals surface area contributed by atoms with Crippen LogP contribution >= 0.6 is 0 Å². The van der Waals surface area contributed by atoms with E-state index >= 15 is 0 Å². The second-order valence-corrected chi connectivity index (χ2v) is 8.16. The van der Waals surface area contributed by atoms with Crippen LogP contribution in [0.4, 0.5) is 27.5 Å². The molecule has 0 aromatic heterocycles. The maximum atomic E-state index is 13.3. The number of amides is 3. The Morgan fingerprint density at radius 1 is 0.784 bits per heavy atom. The fourth-order valence-corrected chi connectivity index (χ4v) is 3.74. The monoisotopic (exact) mass is 496 g/mol. The zero-order valence-electron chi connectivity index (χ0n) is 20.6.